The second-order valence-corrected chi connectivity index (χ2v) is 12.7. The number of hydrogen-bond donors (Lipinski definition) is 4. The summed E-state index contributed by atoms with van der Waals surface area (Å²) in [6.45, 7) is 9.18. The van der Waals surface area contributed by atoms with Gasteiger partial charge in [0.1, 0.15) is 18.6 Å². The second-order valence-electron chi connectivity index (χ2n) is 10.9. The molecule has 2 aliphatic rings. The summed E-state index contributed by atoms with van der Waals surface area (Å²) in [7, 11) is -2.39. The van der Waals surface area contributed by atoms with Gasteiger partial charge in [0.05, 0.1) is 16.7 Å². The van der Waals surface area contributed by atoms with Crippen molar-refractivity contribution >= 4 is 26.9 Å². The number of ether oxygens (including phenoxy) is 1. The number of quaternary nitrogens is 1. The van der Waals surface area contributed by atoms with Crippen LogP contribution in [0.25, 0.3) is 11.0 Å². The van der Waals surface area contributed by atoms with E-state index in [2.05, 4.69) is 41.1 Å². The average molecular weight is 522 g/mol. The number of rotatable bonds is 10. The number of benzene rings is 1. The monoisotopic (exact) mass is 521 g/mol. The van der Waals surface area contributed by atoms with Gasteiger partial charge in [-0.15, -0.1) is 0 Å². The zero-order chi connectivity index (χ0) is 26.1. The van der Waals surface area contributed by atoms with E-state index in [1.165, 1.54) is 17.6 Å². The maximum absolute atomic E-state index is 13.0. The van der Waals surface area contributed by atoms with E-state index in [0.717, 1.165) is 62.3 Å². The third-order valence-corrected chi connectivity index (χ3v) is 8.26. The van der Waals surface area contributed by atoms with Gasteiger partial charge in [-0.05, 0) is 49.8 Å². The molecule has 0 bridgehead atoms. The molecule has 10 nitrogen and oxygen atoms in total. The maximum Gasteiger partial charge on any atom is 0.323 e. The summed E-state index contributed by atoms with van der Waals surface area (Å²) in [5.41, 5.74) is 6.41. The first-order valence-corrected chi connectivity index (χ1v) is 14.2. The fraction of sp³-hybridized carbons (Fsp3) is 0.640. The SMILES string of the molecule is CN(c1ccc2c(c1)nc(C(C)(C)C)n2CC1CCOCC1)S(=O)(=O)NC=C(C[NH3+])C(O)NC1CC1. The highest BCUT2D eigenvalue weighted by Gasteiger charge is 2.28. The Bertz CT molecular complexity index is 1190. The molecule has 6 N–H and O–H groups in total. The molecule has 2 fully saturated rings. The first kappa shape index (κ1) is 26.9. The van der Waals surface area contributed by atoms with E-state index in [1.54, 1.807) is 0 Å². The third-order valence-electron chi connectivity index (χ3n) is 6.91. The molecule has 36 heavy (non-hydrogen) atoms. The molecule has 1 saturated carbocycles. The van der Waals surface area contributed by atoms with E-state index in [0.29, 0.717) is 17.2 Å². The average Bonchev–Trinajstić information content (AvgIpc) is 3.57. The first-order valence-electron chi connectivity index (χ1n) is 12.8. The molecule has 2 heterocycles. The molecule has 1 atom stereocenters. The molecule has 1 unspecified atom stereocenters. The summed E-state index contributed by atoms with van der Waals surface area (Å²) in [6, 6.07) is 5.87. The van der Waals surface area contributed by atoms with Crippen molar-refractivity contribution in [3.05, 3.63) is 35.8 Å². The number of imidazole rings is 1. The smallest absolute Gasteiger partial charge is 0.323 e. The summed E-state index contributed by atoms with van der Waals surface area (Å²) in [5, 5.41) is 13.4. The fourth-order valence-electron chi connectivity index (χ4n) is 4.49. The summed E-state index contributed by atoms with van der Waals surface area (Å²) in [6.07, 6.45) is 4.50. The first-order chi connectivity index (χ1) is 17.0. The van der Waals surface area contributed by atoms with Crippen molar-refractivity contribution in [1.29, 1.82) is 0 Å². The number of hydrogen-bond acceptors (Lipinski definition) is 6. The topological polar surface area (TPSA) is 136 Å². The van der Waals surface area contributed by atoms with Gasteiger partial charge in [0.25, 0.3) is 0 Å². The molecule has 1 aromatic heterocycles. The van der Waals surface area contributed by atoms with Crippen LogP contribution >= 0.6 is 0 Å². The van der Waals surface area contributed by atoms with Crippen LogP contribution in [0.15, 0.2) is 30.0 Å². The molecule has 1 saturated heterocycles. The van der Waals surface area contributed by atoms with Crippen molar-refractivity contribution in [3.8, 4) is 0 Å². The van der Waals surface area contributed by atoms with Crippen molar-refractivity contribution in [2.75, 3.05) is 31.1 Å². The molecule has 2 aromatic rings. The Morgan fingerprint density at radius 2 is 2.00 bits per heavy atom. The highest BCUT2D eigenvalue weighted by atomic mass is 32.2. The van der Waals surface area contributed by atoms with Crippen LogP contribution in [0.5, 0.6) is 0 Å². The standard InChI is InChI=1S/C25H40N6O4S/c1-25(2,3)24-29-21-13-20(7-8-22(21)31(24)16-17-9-11-35-12-10-17)30(4)36(33,34)27-15-18(14-26)23(32)28-19-5-6-19/h7-8,13,15,17,19,23,27-28,32H,5-6,9-12,14,16,26H2,1-4H3/p+1. The molecular formula is C25H41N6O4S+. The molecule has 0 radical (unpaired) electrons. The number of aliphatic hydroxyl groups is 1. The predicted molar refractivity (Wildman–Crippen MR) is 140 cm³/mol. The highest BCUT2D eigenvalue weighted by Crippen LogP contribution is 2.31. The van der Waals surface area contributed by atoms with Gasteiger partial charge in [-0.2, -0.15) is 8.42 Å². The number of nitrogens with zero attached hydrogens (tertiary/aromatic N) is 3. The Labute approximate surface area is 214 Å². The molecule has 0 spiro atoms. The number of aromatic nitrogens is 2. The van der Waals surface area contributed by atoms with Gasteiger partial charge in [-0.25, -0.2) is 4.98 Å². The molecule has 0 amide bonds. The van der Waals surface area contributed by atoms with Crippen LogP contribution in [0.4, 0.5) is 5.69 Å². The Hall–Kier alpha value is -2.18. The minimum Gasteiger partial charge on any atom is -0.381 e. The van der Waals surface area contributed by atoms with Crippen molar-refractivity contribution in [2.45, 2.75) is 70.7 Å². The van der Waals surface area contributed by atoms with E-state index >= 15 is 0 Å². The molecule has 1 aliphatic heterocycles. The van der Waals surface area contributed by atoms with E-state index in [-0.39, 0.29) is 18.0 Å². The second kappa shape index (κ2) is 10.7. The lowest BCUT2D eigenvalue weighted by molar-refractivity contribution is -0.358. The van der Waals surface area contributed by atoms with Gasteiger partial charge in [0.15, 0.2) is 0 Å². The Morgan fingerprint density at radius 1 is 1.31 bits per heavy atom. The zero-order valence-corrected chi connectivity index (χ0v) is 22.6. The van der Waals surface area contributed by atoms with Crippen LogP contribution < -0.4 is 20.1 Å². The van der Waals surface area contributed by atoms with Crippen LogP contribution in [-0.4, -0.2) is 62.2 Å². The summed E-state index contributed by atoms with van der Waals surface area (Å²) >= 11 is 0. The Morgan fingerprint density at radius 3 is 2.61 bits per heavy atom. The lowest BCUT2D eigenvalue weighted by atomic mass is 9.94. The van der Waals surface area contributed by atoms with Crippen LogP contribution in [0.2, 0.25) is 0 Å². The van der Waals surface area contributed by atoms with Crippen LogP contribution in [0, 0.1) is 5.92 Å². The third kappa shape index (κ3) is 6.20. The Balaban J connectivity index is 1.57. The van der Waals surface area contributed by atoms with Gasteiger partial charge in [-0.3, -0.25) is 14.3 Å². The molecule has 1 aromatic carbocycles. The van der Waals surface area contributed by atoms with Gasteiger partial charge in [0.2, 0.25) is 0 Å². The van der Waals surface area contributed by atoms with Crippen LogP contribution in [0.3, 0.4) is 0 Å². The number of aliphatic hydroxyl groups excluding tert-OH is 1. The van der Waals surface area contributed by atoms with E-state index in [9.17, 15) is 13.5 Å². The zero-order valence-electron chi connectivity index (χ0n) is 21.8. The van der Waals surface area contributed by atoms with Crippen molar-refractivity contribution < 1.29 is 24.0 Å². The summed E-state index contributed by atoms with van der Waals surface area (Å²) < 4.78 is 37.6. The molecule has 11 heteroatoms. The van der Waals surface area contributed by atoms with Gasteiger partial charge >= 0.3 is 10.2 Å². The number of nitrogens with one attached hydrogen (secondary N) is 2. The van der Waals surface area contributed by atoms with Crippen LogP contribution in [0.1, 0.15) is 52.3 Å². The molecule has 200 valence electrons. The van der Waals surface area contributed by atoms with Crippen molar-refractivity contribution in [3.63, 3.8) is 0 Å². The number of fused-ring (bicyclic) bond motifs is 1. The molecule has 1 aliphatic carbocycles. The number of anilines is 1. The summed E-state index contributed by atoms with van der Waals surface area (Å²) in [5.74, 6) is 1.52. The van der Waals surface area contributed by atoms with Gasteiger partial charge < -0.3 is 20.1 Å². The molecular weight excluding hydrogens is 480 g/mol. The molecule has 4 rings (SSSR count). The minimum absolute atomic E-state index is 0.158. The van der Waals surface area contributed by atoms with Gasteiger partial charge in [-0.1, -0.05) is 20.8 Å². The van der Waals surface area contributed by atoms with Gasteiger partial charge in [0, 0.05) is 50.0 Å². The van der Waals surface area contributed by atoms with E-state index < -0.39 is 16.4 Å². The van der Waals surface area contributed by atoms with E-state index in [4.69, 9.17) is 9.72 Å². The van der Waals surface area contributed by atoms with E-state index in [1.807, 2.05) is 18.2 Å². The lowest BCUT2D eigenvalue weighted by Gasteiger charge is -2.26. The fourth-order valence-corrected chi connectivity index (χ4v) is 5.34. The predicted octanol–water partition coefficient (Wildman–Crippen LogP) is 1.23. The minimum atomic E-state index is -3.90. The normalized spacial score (nSPS) is 19.0. The van der Waals surface area contributed by atoms with Crippen LogP contribution in [-0.2, 0) is 26.9 Å². The van der Waals surface area contributed by atoms with Crippen molar-refractivity contribution in [1.82, 2.24) is 19.6 Å². The quantitative estimate of drug-likeness (QED) is 0.347. The maximum atomic E-state index is 13.0. The largest absolute Gasteiger partial charge is 0.381 e. The summed E-state index contributed by atoms with van der Waals surface area (Å²) in [4.78, 5) is 4.95. The lowest BCUT2D eigenvalue weighted by Crippen LogP contribution is -2.54. The van der Waals surface area contributed by atoms with Crippen molar-refractivity contribution in [2.24, 2.45) is 5.92 Å². The Kier molecular flexibility index (Phi) is 7.96. The highest BCUT2D eigenvalue weighted by molar-refractivity contribution is 7.91.